The summed E-state index contributed by atoms with van der Waals surface area (Å²) < 4.78 is 0. The summed E-state index contributed by atoms with van der Waals surface area (Å²) in [6.45, 7) is 1.91. The van der Waals surface area contributed by atoms with Gasteiger partial charge in [-0.1, -0.05) is 6.07 Å². The summed E-state index contributed by atoms with van der Waals surface area (Å²) in [6.07, 6.45) is 3.59. The number of pyridine rings is 1. The average Bonchev–Trinajstić information content (AvgIpc) is 2.82. The molecule has 192 valence electrons. The Bertz CT molecular complexity index is 1460. The van der Waals surface area contributed by atoms with E-state index in [2.05, 4.69) is 4.98 Å². The van der Waals surface area contributed by atoms with Crippen LogP contribution in [0.3, 0.4) is 0 Å². The zero-order valence-corrected chi connectivity index (χ0v) is 20.5. The number of Topliss-reactive ketones (excluding diaryl/α,β-unsaturated/α-hetero) is 2. The molecule has 1 heterocycles. The van der Waals surface area contributed by atoms with E-state index < -0.39 is 58.0 Å². The molecular weight excluding hydrogens is 478 g/mol. The summed E-state index contributed by atoms with van der Waals surface area (Å²) in [5, 5.41) is 44.6. The minimum Gasteiger partial charge on any atom is -0.508 e. The van der Waals surface area contributed by atoms with Crippen molar-refractivity contribution < 1.29 is 34.8 Å². The molecule has 1 saturated carbocycles. The molecule has 0 aliphatic heterocycles. The van der Waals surface area contributed by atoms with Gasteiger partial charge in [-0.2, -0.15) is 0 Å². The fraction of sp³-hybridized carbons (Fsp3) is 0.333. The Morgan fingerprint density at radius 3 is 2.46 bits per heavy atom. The number of amides is 1. The van der Waals surface area contributed by atoms with Crippen LogP contribution >= 0.6 is 0 Å². The normalized spacial score (nSPS) is 27.2. The minimum atomic E-state index is -2.66. The van der Waals surface area contributed by atoms with Gasteiger partial charge in [0.25, 0.3) is 5.91 Å². The van der Waals surface area contributed by atoms with Crippen LogP contribution in [-0.2, 0) is 20.8 Å². The van der Waals surface area contributed by atoms with Crippen LogP contribution in [0.2, 0.25) is 0 Å². The smallest absolute Gasteiger partial charge is 0.255 e. The van der Waals surface area contributed by atoms with E-state index >= 15 is 0 Å². The monoisotopic (exact) mass is 505 g/mol. The fourth-order valence-corrected chi connectivity index (χ4v) is 6.24. The van der Waals surface area contributed by atoms with Crippen LogP contribution in [0.1, 0.15) is 23.1 Å². The molecule has 3 aliphatic carbocycles. The maximum absolute atomic E-state index is 13.9. The number of rotatable bonds is 3. The average molecular weight is 506 g/mol. The predicted octanol–water partition coefficient (Wildman–Crippen LogP) is 1.33. The van der Waals surface area contributed by atoms with E-state index in [4.69, 9.17) is 5.73 Å². The molecule has 0 radical (unpaired) electrons. The summed E-state index contributed by atoms with van der Waals surface area (Å²) in [7, 11) is 3.13. The zero-order chi connectivity index (χ0) is 27.0. The number of ketones is 2. The number of primary amides is 1. The lowest BCUT2D eigenvalue weighted by Crippen LogP contribution is -2.65. The summed E-state index contributed by atoms with van der Waals surface area (Å²) in [6, 6.07) is 3.84. The fourth-order valence-electron chi connectivity index (χ4n) is 6.24. The molecule has 1 aromatic carbocycles. The number of phenols is 1. The van der Waals surface area contributed by atoms with Gasteiger partial charge < -0.3 is 26.2 Å². The van der Waals surface area contributed by atoms with Crippen molar-refractivity contribution in [1.29, 1.82) is 0 Å². The van der Waals surface area contributed by atoms with Gasteiger partial charge in [0, 0.05) is 29.4 Å². The summed E-state index contributed by atoms with van der Waals surface area (Å²) >= 11 is 0. The number of carbonyl (C=O) groups excluding carboxylic acids is 3. The largest absolute Gasteiger partial charge is 0.508 e. The summed E-state index contributed by atoms with van der Waals surface area (Å²) in [4.78, 5) is 44.8. The molecule has 0 bridgehead atoms. The molecule has 10 nitrogen and oxygen atoms in total. The minimum absolute atomic E-state index is 0.0346. The number of nitrogens with two attached hydrogens (primary N) is 1. The standard InChI is InChI=1S/C27H27N3O7/c1-11-6-7-29-10-15(11)13-4-5-17(31)19-14(13)8-12-9-16-21(30(2)3)23(33)20(26(28)36)25(35)27(16,37)24(34)18(12)22(19)32/h4-7,10,12,16,21,31-32,35,37H,8-9H2,1-3H3,(H2,28,36). The molecule has 5 rings (SSSR count). The topological polar surface area (TPSA) is 174 Å². The van der Waals surface area contributed by atoms with Crippen LogP contribution in [0.5, 0.6) is 5.75 Å². The van der Waals surface area contributed by atoms with E-state index in [0.29, 0.717) is 5.56 Å². The number of aryl methyl sites for hydroxylation is 1. The third-order valence-electron chi connectivity index (χ3n) is 7.93. The number of aromatic hydroxyl groups is 1. The molecule has 6 N–H and O–H groups in total. The van der Waals surface area contributed by atoms with Crippen molar-refractivity contribution in [3.63, 3.8) is 0 Å². The highest BCUT2D eigenvalue weighted by Crippen LogP contribution is 2.53. The zero-order valence-electron chi connectivity index (χ0n) is 20.5. The quantitative estimate of drug-likeness (QED) is 0.386. The van der Waals surface area contributed by atoms with Crippen LogP contribution in [0.25, 0.3) is 16.9 Å². The second kappa shape index (κ2) is 8.25. The predicted molar refractivity (Wildman–Crippen MR) is 132 cm³/mol. The molecule has 0 spiro atoms. The summed E-state index contributed by atoms with van der Waals surface area (Å²) in [5.41, 5.74) is 4.76. The van der Waals surface area contributed by atoms with E-state index in [9.17, 15) is 34.8 Å². The Hall–Kier alpha value is -4.02. The number of aliphatic hydroxyl groups excluding tert-OH is 2. The molecule has 3 aliphatic rings. The van der Waals surface area contributed by atoms with Gasteiger partial charge in [0.05, 0.1) is 11.6 Å². The number of carbonyl (C=O) groups is 3. The van der Waals surface area contributed by atoms with Gasteiger partial charge >= 0.3 is 0 Å². The molecule has 1 amide bonds. The third-order valence-corrected chi connectivity index (χ3v) is 7.93. The molecule has 1 fully saturated rings. The lowest BCUT2D eigenvalue weighted by Gasteiger charge is -2.50. The first kappa shape index (κ1) is 24.7. The molecule has 1 aromatic heterocycles. The Kier molecular flexibility index (Phi) is 5.50. The first-order valence-corrected chi connectivity index (χ1v) is 11.8. The number of nitrogens with zero attached hydrogens (tertiary/aromatic N) is 2. The van der Waals surface area contributed by atoms with Gasteiger partial charge in [0.1, 0.15) is 22.8 Å². The Balaban J connectivity index is 1.76. The van der Waals surface area contributed by atoms with Crippen LogP contribution in [0, 0.1) is 18.8 Å². The Morgan fingerprint density at radius 2 is 1.84 bits per heavy atom. The third kappa shape index (κ3) is 3.25. The Labute approximate surface area is 212 Å². The molecule has 2 aromatic rings. The first-order valence-electron chi connectivity index (χ1n) is 11.8. The highest BCUT2D eigenvalue weighted by Gasteiger charge is 2.64. The van der Waals surface area contributed by atoms with Crippen molar-refractivity contribution in [3.8, 4) is 16.9 Å². The number of phenolic OH excluding ortho intramolecular Hbond substituents is 1. The maximum atomic E-state index is 13.9. The molecule has 4 atom stereocenters. The number of fused-ring (bicyclic) bond motifs is 3. The first-order chi connectivity index (χ1) is 17.4. The van der Waals surface area contributed by atoms with E-state index in [0.717, 1.165) is 16.7 Å². The molecular formula is C27H27N3O7. The van der Waals surface area contributed by atoms with E-state index in [1.807, 2.05) is 13.0 Å². The lowest BCUT2D eigenvalue weighted by molar-refractivity contribution is -0.153. The number of hydrogen-bond acceptors (Lipinski definition) is 9. The van der Waals surface area contributed by atoms with Crippen molar-refractivity contribution in [2.45, 2.75) is 31.4 Å². The highest BCUT2D eigenvalue weighted by molar-refractivity contribution is 6.24. The van der Waals surface area contributed by atoms with E-state index in [1.54, 1.807) is 32.6 Å². The van der Waals surface area contributed by atoms with Gasteiger partial charge in [-0.15, -0.1) is 0 Å². The van der Waals surface area contributed by atoms with E-state index in [-0.39, 0.29) is 29.7 Å². The number of aliphatic hydroxyl groups is 3. The second-order valence-electron chi connectivity index (χ2n) is 10.1. The molecule has 37 heavy (non-hydrogen) atoms. The molecule has 0 saturated heterocycles. The second-order valence-corrected chi connectivity index (χ2v) is 10.1. The number of likely N-dealkylation sites (N-methyl/N-ethyl adjacent to an activating group) is 1. The Morgan fingerprint density at radius 1 is 1.14 bits per heavy atom. The van der Waals surface area contributed by atoms with Crippen molar-refractivity contribution in [2.24, 2.45) is 17.6 Å². The number of aromatic nitrogens is 1. The van der Waals surface area contributed by atoms with E-state index in [1.165, 1.54) is 11.0 Å². The lowest BCUT2D eigenvalue weighted by atomic mass is 9.57. The van der Waals surface area contributed by atoms with Crippen LogP contribution in [0.4, 0.5) is 0 Å². The van der Waals surface area contributed by atoms with Gasteiger partial charge in [-0.25, -0.2) is 0 Å². The van der Waals surface area contributed by atoms with Gasteiger partial charge in [0.15, 0.2) is 11.4 Å². The molecule has 10 heteroatoms. The van der Waals surface area contributed by atoms with Crippen LogP contribution < -0.4 is 5.73 Å². The van der Waals surface area contributed by atoms with Gasteiger partial charge in [0.2, 0.25) is 5.78 Å². The summed E-state index contributed by atoms with van der Waals surface area (Å²) in [5.74, 6) is -6.71. The van der Waals surface area contributed by atoms with Crippen molar-refractivity contribution in [3.05, 3.63) is 64.2 Å². The number of benzene rings is 1. The van der Waals surface area contributed by atoms with Crippen LogP contribution in [-0.4, -0.2) is 73.5 Å². The van der Waals surface area contributed by atoms with Crippen molar-refractivity contribution >= 4 is 23.2 Å². The van der Waals surface area contributed by atoms with Crippen molar-refractivity contribution in [2.75, 3.05) is 14.1 Å². The highest BCUT2D eigenvalue weighted by atomic mass is 16.3. The van der Waals surface area contributed by atoms with Crippen molar-refractivity contribution in [1.82, 2.24) is 9.88 Å². The van der Waals surface area contributed by atoms with Gasteiger partial charge in [-0.3, -0.25) is 24.3 Å². The number of hydrogen-bond donors (Lipinski definition) is 5. The molecule has 4 unspecified atom stereocenters. The van der Waals surface area contributed by atoms with Gasteiger partial charge in [-0.05, 0) is 68.6 Å². The maximum Gasteiger partial charge on any atom is 0.255 e. The van der Waals surface area contributed by atoms with Crippen LogP contribution in [0.15, 0.2) is 47.5 Å². The SMILES string of the molecule is Cc1ccncc1-c1ccc(O)c2c1CC1CC3C(N(C)C)C(=O)C(C(N)=O)=C(O)C3(O)C(=O)C1=C2O.